The number of thiophene rings is 1. The molecule has 1 aromatic carbocycles. The second-order valence-electron chi connectivity index (χ2n) is 6.13. The summed E-state index contributed by atoms with van der Waals surface area (Å²) >= 11 is 1.79. The van der Waals surface area contributed by atoms with Crippen LogP contribution in [0, 0.1) is 0 Å². The number of fused-ring (bicyclic) bond motifs is 3. The summed E-state index contributed by atoms with van der Waals surface area (Å²) in [5.41, 5.74) is 2.39. The van der Waals surface area contributed by atoms with Crippen LogP contribution in [0.3, 0.4) is 0 Å². The van der Waals surface area contributed by atoms with Gasteiger partial charge >= 0.3 is 0 Å². The molecule has 0 atom stereocenters. The van der Waals surface area contributed by atoms with Crippen LogP contribution in [0.4, 0.5) is 5.82 Å². The van der Waals surface area contributed by atoms with Crippen LogP contribution in [0.5, 0.6) is 17.2 Å². The Balaban J connectivity index is 1.67. The Morgan fingerprint density at radius 1 is 1.00 bits per heavy atom. The number of aryl methyl sites for hydroxylation is 2. The van der Waals surface area contributed by atoms with Gasteiger partial charge in [-0.15, -0.1) is 11.3 Å². The lowest BCUT2D eigenvalue weighted by atomic mass is 10.1. The average molecular weight is 371 g/mol. The van der Waals surface area contributed by atoms with Crippen molar-refractivity contribution in [1.29, 1.82) is 0 Å². The smallest absolute Gasteiger partial charge is 0.164 e. The monoisotopic (exact) mass is 371 g/mol. The van der Waals surface area contributed by atoms with Crippen molar-refractivity contribution in [1.82, 2.24) is 9.97 Å². The van der Waals surface area contributed by atoms with E-state index >= 15 is 0 Å². The molecule has 0 radical (unpaired) electrons. The average Bonchev–Trinajstić information content (AvgIpc) is 3.26. The van der Waals surface area contributed by atoms with Crippen molar-refractivity contribution < 1.29 is 14.2 Å². The summed E-state index contributed by atoms with van der Waals surface area (Å²) in [7, 11) is 4.90. The van der Waals surface area contributed by atoms with Gasteiger partial charge in [0, 0.05) is 23.1 Å². The van der Waals surface area contributed by atoms with Crippen molar-refractivity contribution in [3.05, 3.63) is 34.5 Å². The number of hydrogen-bond donors (Lipinski definition) is 1. The van der Waals surface area contributed by atoms with E-state index < -0.39 is 0 Å². The maximum absolute atomic E-state index is 5.52. The van der Waals surface area contributed by atoms with Gasteiger partial charge in [0.15, 0.2) is 11.5 Å². The van der Waals surface area contributed by atoms with Gasteiger partial charge in [0.25, 0.3) is 0 Å². The molecule has 1 N–H and O–H groups in total. The largest absolute Gasteiger partial charge is 0.496 e. The highest BCUT2D eigenvalue weighted by Crippen LogP contribution is 2.40. The SMILES string of the molecule is COc1cc(OC)c(OC)cc1CNc1ncnc2sc3c(c12)CCC3. The van der Waals surface area contributed by atoms with Crippen LogP contribution in [-0.2, 0) is 19.4 Å². The third-order valence-corrected chi connectivity index (χ3v) is 5.93. The molecular formula is C19H21N3O3S. The van der Waals surface area contributed by atoms with E-state index in [2.05, 4.69) is 15.3 Å². The Bertz CT molecular complexity index is 955. The highest BCUT2D eigenvalue weighted by atomic mass is 32.1. The first-order valence-corrected chi connectivity index (χ1v) is 9.34. The predicted octanol–water partition coefficient (Wildman–Crippen LogP) is 3.82. The first-order chi connectivity index (χ1) is 12.7. The minimum Gasteiger partial charge on any atom is -0.496 e. The fraction of sp³-hybridized carbons (Fsp3) is 0.368. The van der Waals surface area contributed by atoms with Crippen LogP contribution in [0.1, 0.15) is 22.4 Å². The van der Waals surface area contributed by atoms with Crippen molar-refractivity contribution in [3.8, 4) is 17.2 Å². The zero-order valence-electron chi connectivity index (χ0n) is 15.1. The zero-order chi connectivity index (χ0) is 18.1. The standard InChI is InChI=1S/C19H21N3O3S/c1-23-13-8-15(25-3)14(24-2)7-11(13)9-20-18-17-12-5-4-6-16(12)26-19(17)22-10-21-18/h7-8,10H,4-6,9H2,1-3H3,(H,20,21,22). The second kappa shape index (κ2) is 6.99. The van der Waals surface area contributed by atoms with Gasteiger partial charge in [0.1, 0.15) is 22.7 Å². The van der Waals surface area contributed by atoms with Gasteiger partial charge in [0.2, 0.25) is 0 Å². The van der Waals surface area contributed by atoms with Crippen LogP contribution < -0.4 is 19.5 Å². The Kier molecular flexibility index (Phi) is 4.55. The topological polar surface area (TPSA) is 65.5 Å². The van der Waals surface area contributed by atoms with E-state index in [9.17, 15) is 0 Å². The maximum Gasteiger partial charge on any atom is 0.164 e. The summed E-state index contributed by atoms with van der Waals surface area (Å²) in [6, 6.07) is 3.77. The molecule has 2 heterocycles. The summed E-state index contributed by atoms with van der Waals surface area (Å²) in [5, 5.41) is 4.63. The lowest BCUT2D eigenvalue weighted by Gasteiger charge is -2.15. The third kappa shape index (κ3) is 2.82. The highest BCUT2D eigenvalue weighted by Gasteiger charge is 2.21. The van der Waals surface area contributed by atoms with Gasteiger partial charge in [-0.2, -0.15) is 0 Å². The number of methoxy groups -OCH3 is 3. The molecule has 0 bridgehead atoms. The van der Waals surface area contributed by atoms with E-state index in [1.54, 1.807) is 39.0 Å². The molecule has 2 aromatic heterocycles. The molecule has 0 amide bonds. The van der Waals surface area contributed by atoms with Crippen molar-refractivity contribution in [3.63, 3.8) is 0 Å². The first kappa shape index (κ1) is 16.9. The Morgan fingerprint density at radius 3 is 2.54 bits per heavy atom. The second-order valence-corrected chi connectivity index (χ2v) is 7.22. The lowest BCUT2D eigenvalue weighted by Crippen LogP contribution is -2.05. The molecule has 1 aliphatic carbocycles. The number of rotatable bonds is 6. The number of nitrogens with zero attached hydrogens (tertiary/aromatic N) is 2. The van der Waals surface area contributed by atoms with E-state index in [1.807, 2.05) is 12.1 Å². The molecule has 136 valence electrons. The Hall–Kier alpha value is -2.54. The molecule has 4 rings (SSSR count). The minimum atomic E-state index is 0.570. The summed E-state index contributed by atoms with van der Waals surface area (Å²) in [6.07, 6.45) is 5.10. The summed E-state index contributed by atoms with van der Waals surface area (Å²) in [4.78, 5) is 11.5. The molecule has 0 fully saturated rings. The fourth-order valence-corrected chi connectivity index (χ4v) is 4.70. The molecule has 0 saturated heterocycles. The Morgan fingerprint density at radius 2 is 1.77 bits per heavy atom. The molecule has 3 aromatic rings. The first-order valence-electron chi connectivity index (χ1n) is 8.53. The van der Waals surface area contributed by atoms with E-state index in [4.69, 9.17) is 14.2 Å². The number of aromatic nitrogens is 2. The van der Waals surface area contributed by atoms with Gasteiger partial charge in [-0.3, -0.25) is 0 Å². The minimum absolute atomic E-state index is 0.570. The van der Waals surface area contributed by atoms with Crippen molar-refractivity contribution in [2.24, 2.45) is 0 Å². The quantitative estimate of drug-likeness (QED) is 0.711. The fourth-order valence-electron chi connectivity index (χ4n) is 3.47. The van der Waals surface area contributed by atoms with E-state index in [0.29, 0.717) is 18.0 Å². The molecule has 26 heavy (non-hydrogen) atoms. The van der Waals surface area contributed by atoms with Crippen LogP contribution in [0.25, 0.3) is 10.2 Å². The highest BCUT2D eigenvalue weighted by molar-refractivity contribution is 7.19. The van der Waals surface area contributed by atoms with Crippen molar-refractivity contribution >= 4 is 27.4 Å². The number of ether oxygens (including phenoxy) is 3. The summed E-state index contributed by atoms with van der Waals surface area (Å²) in [6.45, 7) is 0.570. The number of anilines is 1. The molecule has 0 aliphatic heterocycles. The van der Waals surface area contributed by atoms with Gasteiger partial charge in [-0.25, -0.2) is 9.97 Å². The van der Waals surface area contributed by atoms with E-state index in [-0.39, 0.29) is 0 Å². The summed E-state index contributed by atoms with van der Waals surface area (Å²) < 4.78 is 16.3. The summed E-state index contributed by atoms with van der Waals surface area (Å²) in [5.74, 6) is 2.95. The van der Waals surface area contributed by atoms with Gasteiger partial charge < -0.3 is 19.5 Å². The number of nitrogens with one attached hydrogen (secondary N) is 1. The lowest BCUT2D eigenvalue weighted by molar-refractivity contribution is 0.347. The Labute approximate surface area is 156 Å². The molecule has 0 spiro atoms. The van der Waals surface area contributed by atoms with Crippen LogP contribution in [-0.4, -0.2) is 31.3 Å². The molecule has 1 aliphatic rings. The van der Waals surface area contributed by atoms with Gasteiger partial charge in [0.05, 0.1) is 26.7 Å². The van der Waals surface area contributed by atoms with Gasteiger partial charge in [-0.05, 0) is 30.9 Å². The zero-order valence-corrected chi connectivity index (χ0v) is 15.9. The van der Waals surface area contributed by atoms with E-state index in [1.165, 1.54) is 22.2 Å². The normalized spacial score (nSPS) is 12.9. The molecule has 6 nitrogen and oxygen atoms in total. The number of benzene rings is 1. The van der Waals surface area contributed by atoms with Gasteiger partial charge in [-0.1, -0.05) is 0 Å². The molecule has 0 unspecified atom stereocenters. The van der Waals surface area contributed by atoms with Crippen molar-refractivity contribution in [2.45, 2.75) is 25.8 Å². The van der Waals surface area contributed by atoms with Crippen LogP contribution >= 0.6 is 11.3 Å². The number of hydrogen-bond acceptors (Lipinski definition) is 7. The van der Waals surface area contributed by atoms with E-state index in [0.717, 1.165) is 34.8 Å². The predicted molar refractivity (Wildman–Crippen MR) is 103 cm³/mol. The molecular weight excluding hydrogens is 350 g/mol. The molecule has 7 heteroatoms. The van der Waals surface area contributed by atoms with Crippen molar-refractivity contribution in [2.75, 3.05) is 26.6 Å². The van der Waals surface area contributed by atoms with Crippen LogP contribution in [0.2, 0.25) is 0 Å². The third-order valence-electron chi connectivity index (χ3n) is 4.73. The maximum atomic E-state index is 5.52. The van der Waals surface area contributed by atoms with Crippen LogP contribution in [0.15, 0.2) is 18.5 Å². The molecule has 0 saturated carbocycles.